The van der Waals surface area contributed by atoms with Crippen molar-refractivity contribution in [3.63, 3.8) is 0 Å². The molecular weight excluding hydrogens is 233 g/mol. The second-order valence-electron chi connectivity index (χ2n) is 4.00. The van der Waals surface area contributed by atoms with E-state index in [0.717, 1.165) is 5.82 Å². The van der Waals surface area contributed by atoms with Crippen molar-refractivity contribution in [1.82, 2.24) is 14.5 Å². The first kappa shape index (κ1) is 11.9. The van der Waals surface area contributed by atoms with Crippen LogP contribution in [0.4, 0.5) is 13.2 Å². The molecule has 0 amide bonds. The molecule has 1 aliphatic rings. The highest BCUT2D eigenvalue weighted by molar-refractivity contribution is 4.97. The lowest BCUT2D eigenvalue weighted by Gasteiger charge is -2.29. The van der Waals surface area contributed by atoms with E-state index in [-0.39, 0.29) is 6.54 Å². The van der Waals surface area contributed by atoms with Crippen molar-refractivity contribution in [2.45, 2.75) is 19.3 Å². The van der Waals surface area contributed by atoms with E-state index in [1.807, 2.05) is 4.57 Å². The quantitative estimate of drug-likeness (QED) is 0.790. The summed E-state index contributed by atoms with van der Waals surface area (Å²) in [4.78, 5) is 5.67. The molecule has 2 rings (SSSR count). The molecule has 0 N–H and O–H groups in total. The second-order valence-corrected chi connectivity index (χ2v) is 4.00. The molecule has 1 aliphatic heterocycles. The molecule has 1 aromatic rings. The van der Waals surface area contributed by atoms with Crippen LogP contribution >= 0.6 is 0 Å². The van der Waals surface area contributed by atoms with Crippen LogP contribution in [0.1, 0.15) is 5.82 Å². The molecule has 0 aromatic carbocycles. The third-order valence-corrected chi connectivity index (χ3v) is 2.82. The maximum Gasteiger partial charge on any atom is 0.405 e. The number of hydrogen-bond donors (Lipinski definition) is 0. The van der Waals surface area contributed by atoms with Gasteiger partial charge in [0, 0.05) is 32.0 Å². The van der Waals surface area contributed by atoms with Crippen molar-refractivity contribution in [2.24, 2.45) is 5.92 Å². The number of imidazole rings is 1. The van der Waals surface area contributed by atoms with E-state index >= 15 is 0 Å². The van der Waals surface area contributed by atoms with Crippen LogP contribution in [-0.4, -0.2) is 33.7 Å². The minimum absolute atomic E-state index is 0.285. The van der Waals surface area contributed by atoms with Gasteiger partial charge in [0.1, 0.15) is 5.82 Å². The Bertz CT molecular complexity index is 431. The van der Waals surface area contributed by atoms with Crippen LogP contribution < -0.4 is 0 Å². The predicted octanol–water partition coefficient (Wildman–Crippen LogP) is 1.40. The van der Waals surface area contributed by atoms with Gasteiger partial charge in [-0.2, -0.15) is 18.4 Å². The van der Waals surface area contributed by atoms with Gasteiger partial charge < -0.3 is 4.57 Å². The van der Waals surface area contributed by atoms with E-state index in [2.05, 4.69) is 4.98 Å². The van der Waals surface area contributed by atoms with E-state index in [1.54, 1.807) is 17.3 Å². The molecule has 0 fully saturated rings. The molecule has 2 heterocycles. The number of alkyl halides is 3. The molecule has 7 heteroatoms. The van der Waals surface area contributed by atoms with Gasteiger partial charge in [-0.15, -0.1) is 0 Å². The molecule has 1 unspecified atom stereocenters. The summed E-state index contributed by atoms with van der Waals surface area (Å²) in [6, 6.07) is 1.31. The molecule has 1 atom stereocenters. The Balaban J connectivity index is 2.00. The van der Waals surface area contributed by atoms with Crippen molar-refractivity contribution < 1.29 is 13.2 Å². The topological polar surface area (TPSA) is 44.9 Å². The number of fused-ring (bicyclic) bond motifs is 1. The monoisotopic (exact) mass is 244 g/mol. The maximum atomic E-state index is 12.4. The number of aromatic nitrogens is 2. The number of nitrogens with zero attached hydrogens (tertiary/aromatic N) is 4. The predicted molar refractivity (Wildman–Crippen MR) is 52.7 cm³/mol. The fourth-order valence-electron chi connectivity index (χ4n) is 1.86. The first-order chi connectivity index (χ1) is 8.00. The SMILES string of the molecule is N#CC(CN1CCn2ccnc2C1)C(F)(F)F. The normalized spacial score (nSPS) is 18.5. The Morgan fingerprint density at radius 2 is 2.24 bits per heavy atom. The summed E-state index contributed by atoms with van der Waals surface area (Å²) in [7, 11) is 0. The van der Waals surface area contributed by atoms with E-state index in [1.165, 1.54) is 6.07 Å². The average molecular weight is 244 g/mol. The molecule has 4 nitrogen and oxygen atoms in total. The second kappa shape index (κ2) is 4.37. The molecule has 0 radical (unpaired) electrons. The van der Waals surface area contributed by atoms with Gasteiger partial charge in [-0.05, 0) is 0 Å². The molecule has 17 heavy (non-hydrogen) atoms. The van der Waals surface area contributed by atoms with Crippen molar-refractivity contribution in [3.05, 3.63) is 18.2 Å². The van der Waals surface area contributed by atoms with E-state index in [9.17, 15) is 13.2 Å². The van der Waals surface area contributed by atoms with Crippen molar-refractivity contribution in [3.8, 4) is 6.07 Å². The summed E-state index contributed by atoms with van der Waals surface area (Å²) in [6.45, 7) is 1.21. The highest BCUT2D eigenvalue weighted by Crippen LogP contribution is 2.27. The van der Waals surface area contributed by atoms with E-state index in [4.69, 9.17) is 5.26 Å². The van der Waals surface area contributed by atoms with E-state index < -0.39 is 12.1 Å². The summed E-state index contributed by atoms with van der Waals surface area (Å²) >= 11 is 0. The summed E-state index contributed by atoms with van der Waals surface area (Å²) in [6.07, 6.45) is -1.02. The molecule has 0 aliphatic carbocycles. The lowest BCUT2D eigenvalue weighted by molar-refractivity contribution is -0.164. The van der Waals surface area contributed by atoms with Crippen LogP contribution in [0.15, 0.2) is 12.4 Å². The van der Waals surface area contributed by atoms with Gasteiger partial charge in [0.05, 0.1) is 12.6 Å². The standard InChI is InChI=1S/C10H11F3N4/c11-10(12,13)8(5-14)6-16-3-4-17-2-1-15-9(17)7-16/h1-2,8H,3-4,6-7H2. The average Bonchev–Trinajstić information content (AvgIpc) is 2.71. The largest absolute Gasteiger partial charge is 0.405 e. The van der Waals surface area contributed by atoms with Crippen LogP contribution in [0, 0.1) is 17.2 Å². The molecule has 0 saturated heterocycles. The van der Waals surface area contributed by atoms with Gasteiger partial charge in [0.25, 0.3) is 0 Å². The number of nitriles is 1. The third kappa shape index (κ3) is 2.58. The highest BCUT2D eigenvalue weighted by Gasteiger charge is 2.41. The summed E-state index contributed by atoms with van der Waals surface area (Å²) < 4.78 is 39.2. The van der Waals surface area contributed by atoms with Crippen LogP contribution in [0.25, 0.3) is 0 Å². The van der Waals surface area contributed by atoms with Crippen molar-refractivity contribution in [1.29, 1.82) is 5.26 Å². The van der Waals surface area contributed by atoms with Gasteiger partial charge in [-0.1, -0.05) is 0 Å². The fourth-order valence-corrected chi connectivity index (χ4v) is 1.86. The van der Waals surface area contributed by atoms with Crippen LogP contribution in [-0.2, 0) is 13.1 Å². The summed E-state index contributed by atoms with van der Waals surface area (Å²) in [5, 5.41) is 8.53. The molecule has 0 bridgehead atoms. The molecular formula is C10H11F3N4. The Labute approximate surface area is 96.3 Å². The zero-order valence-electron chi connectivity index (χ0n) is 8.98. The number of halogens is 3. The highest BCUT2D eigenvalue weighted by atomic mass is 19.4. The summed E-state index contributed by atoms with van der Waals surface area (Å²) in [5.41, 5.74) is 0. The summed E-state index contributed by atoms with van der Waals surface area (Å²) in [5.74, 6) is -1.18. The lowest BCUT2D eigenvalue weighted by Crippen LogP contribution is -2.40. The minimum Gasteiger partial charge on any atom is -0.333 e. The van der Waals surface area contributed by atoms with Gasteiger partial charge in [-0.25, -0.2) is 4.98 Å². The van der Waals surface area contributed by atoms with Gasteiger partial charge in [0.2, 0.25) is 0 Å². The Hall–Kier alpha value is -1.55. The van der Waals surface area contributed by atoms with Crippen LogP contribution in [0.3, 0.4) is 0 Å². The molecule has 1 aromatic heterocycles. The Morgan fingerprint density at radius 1 is 1.47 bits per heavy atom. The number of hydrogen-bond acceptors (Lipinski definition) is 3. The Morgan fingerprint density at radius 3 is 2.88 bits per heavy atom. The van der Waals surface area contributed by atoms with Crippen LogP contribution in [0.2, 0.25) is 0 Å². The van der Waals surface area contributed by atoms with Gasteiger partial charge >= 0.3 is 6.18 Å². The minimum atomic E-state index is -4.46. The smallest absolute Gasteiger partial charge is 0.333 e. The number of rotatable bonds is 2. The first-order valence-corrected chi connectivity index (χ1v) is 5.19. The zero-order valence-corrected chi connectivity index (χ0v) is 8.98. The maximum absolute atomic E-state index is 12.4. The Kier molecular flexibility index (Phi) is 3.07. The van der Waals surface area contributed by atoms with Gasteiger partial charge in [-0.3, -0.25) is 4.90 Å². The molecule has 0 saturated carbocycles. The van der Waals surface area contributed by atoms with Crippen molar-refractivity contribution in [2.75, 3.05) is 13.1 Å². The fraction of sp³-hybridized carbons (Fsp3) is 0.600. The lowest BCUT2D eigenvalue weighted by atomic mass is 10.1. The van der Waals surface area contributed by atoms with E-state index in [0.29, 0.717) is 19.6 Å². The molecule has 0 spiro atoms. The van der Waals surface area contributed by atoms with Crippen LogP contribution in [0.5, 0.6) is 0 Å². The zero-order chi connectivity index (χ0) is 12.5. The first-order valence-electron chi connectivity index (χ1n) is 5.19. The van der Waals surface area contributed by atoms with Gasteiger partial charge in [0.15, 0.2) is 5.92 Å². The third-order valence-electron chi connectivity index (χ3n) is 2.82. The van der Waals surface area contributed by atoms with Crippen molar-refractivity contribution >= 4 is 0 Å². The molecule has 92 valence electrons.